The van der Waals surface area contributed by atoms with Crippen LogP contribution in [0.4, 0.5) is 0 Å². The van der Waals surface area contributed by atoms with Crippen LogP contribution < -0.4 is 16.3 Å². The van der Waals surface area contributed by atoms with Crippen molar-refractivity contribution in [1.82, 2.24) is 19.8 Å². The molecule has 1 aliphatic heterocycles. The van der Waals surface area contributed by atoms with Gasteiger partial charge in [0.05, 0.1) is 33.2 Å². The lowest BCUT2D eigenvalue weighted by Gasteiger charge is -2.32. The second-order valence-electron chi connectivity index (χ2n) is 11.5. The monoisotopic (exact) mass is 526 g/mol. The van der Waals surface area contributed by atoms with Gasteiger partial charge in [-0.2, -0.15) is 0 Å². The standard InChI is InChI=1S/C30H35BN4O4/c1-19-9-8-10-20-17-23-26(33-25(19)20)24(27(36)32-15-16-34(6)7)18-35(28(23)37)22-13-11-21(12-14-22)31-38-29(2,3)30(4,5)39-31/h8-14,17-18H,15-16H2,1-7H3,(H,32,36). The molecule has 1 saturated heterocycles. The number of benzene rings is 2. The van der Waals surface area contributed by atoms with Crippen LogP contribution in [0.1, 0.15) is 43.6 Å². The molecule has 1 aliphatic rings. The molecule has 1 amide bonds. The van der Waals surface area contributed by atoms with Gasteiger partial charge in [-0.3, -0.25) is 14.2 Å². The van der Waals surface area contributed by atoms with Crippen LogP contribution >= 0.6 is 0 Å². The lowest BCUT2D eigenvalue weighted by molar-refractivity contribution is 0.00578. The van der Waals surface area contributed by atoms with Crippen LogP contribution in [0.25, 0.3) is 27.5 Å². The molecular formula is C30H35BN4O4. The van der Waals surface area contributed by atoms with Gasteiger partial charge in [0.2, 0.25) is 0 Å². The number of nitrogens with one attached hydrogen (secondary N) is 1. The van der Waals surface area contributed by atoms with E-state index in [2.05, 4.69) is 5.32 Å². The fourth-order valence-electron chi connectivity index (χ4n) is 4.71. The summed E-state index contributed by atoms with van der Waals surface area (Å²) in [5, 5.41) is 4.22. The van der Waals surface area contributed by atoms with Crippen molar-refractivity contribution in [3.05, 3.63) is 76.2 Å². The van der Waals surface area contributed by atoms with E-state index in [4.69, 9.17) is 14.3 Å². The first-order chi connectivity index (χ1) is 18.4. The third-order valence-corrected chi connectivity index (χ3v) is 7.80. The second kappa shape index (κ2) is 9.90. The maximum absolute atomic E-state index is 13.8. The number of hydrogen-bond acceptors (Lipinski definition) is 6. The summed E-state index contributed by atoms with van der Waals surface area (Å²) in [4.78, 5) is 34.0. The van der Waals surface area contributed by atoms with Crippen LogP contribution in [-0.4, -0.2) is 65.9 Å². The summed E-state index contributed by atoms with van der Waals surface area (Å²) < 4.78 is 13.9. The van der Waals surface area contributed by atoms with Crippen LogP contribution in [0, 0.1) is 6.92 Å². The Labute approximate surface area is 229 Å². The van der Waals surface area contributed by atoms with Gasteiger partial charge in [-0.1, -0.05) is 30.3 Å². The highest BCUT2D eigenvalue weighted by Crippen LogP contribution is 2.36. The Morgan fingerprint density at radius 1 is 1.03 bits per heavy atom. The second-order valence-corrected chi connectivity index (χ2v) is 11.5. The van der Waals surface area contributed by atoms with Crippen molar-refractivity contribution in [3.8, 4) is 5.69 Å². The molecule has 4 aromatic rings. The van der Waals surface area contributed by atoms with Crippen molar-refractivity contribution in [3.63, 3.8) is 0 Å². The van der Waals surface area contributed by atoms with E-state index in [9.17, 15) is 9.59 Å². The number of carbonyl (C=O) groups excluding carboxylic acids is 1. The van der Waals surface area contributed by atoms with Crippen molar-refractivity contribution < 1.29 is 14.1 Å². The van der Waals surface area contributed by atoms with Crippen molar-refractivity contribution in [2.75, 3.05) is 27.2 Å². The number of pyridine rings is 2. The largest absolute Gasteiger partial charge is 0.494 e. The molecule has 0 unspecified atom stereocenters. The SMILES string of the molecule is Cc1cccc2cc3c(=O)n(-c4ccc(B5OC(C)(C)C(C)(C)O5)cc4)cc(C(=O)NCCN(C)C)c3nc12. The minimum Gasteiger partial charge on any atom is -0.399 e. The molecule has 2 aromatic carbocycles. The molecule has 39 heavy (non-hydrogen) atoms. The zero-order chi connectivity index (χ0) is 28.1. The summed E-state index contributed by atoms with van der Waals surface area (Å²) in [6.45, 7) is 11.2. The van der Waals surface area contributed by atoms with Gasteiger partial charge in [0, 0.05) is 30.4 Å². The normalized spacial score (nSPS) is 16.4. The van der Waals surface area contributed by atoms with Gasteiger partial charge in [-0.25, -0.2) is 4.98 Å². The van der Waals surface area contributed by atoms with Gasteiger partial charge in [0.25, 0.3) is 11.5 Å². The first kappa shape index (κ1) is 27.1. The zero-order valence-corrected chi connectivity index (χ0v) is 23.7. The molecular weight excluding hydrogens is 491 g/mol. The number of para-hydroxylation sites is 1. The molecule has 0 bridgehead atoms. The van der Waals surface area contributed by atoms with Crippen molar-refractivity contribution in [2.45, 2.75) is 45.8 Å². The van der Waals surface area contributed by atoms with Gasteiger partial charge >= 0.3 is 7.12 Å². The summed E-state index contributed by atoms with van der Waals surface area (Å²) in [6.07, 6.45) is 1.59. The van der Waals surface area contributed by atoms with E-state index in [0.717, 1.165) is 21.9 Å². The number of amides is 1. The van der Waals surface area contributed by atoms with E-state index in [1.807, 2.05) is 102 Å². The number of nitrogens with zero attached hydrogens (tertiary/aromatic N) is 3. The van der Waals surface area contributed by atoms with Crippen LogP contribution in [0.2, 0.25) is 0 Å². The van der Waals surface area contributed by atoms with Gasteiger partial charge < -0.3 is 19.5 Å². The number of aryl methyl sites for hydroxylation is 1. The Bertz CT molecular complexity index is 1610. The number of aromatic nitrogens is 2. The van der Waals surface area contributed by atoms with Gasteiger partial charge in [-0.15, -0.1) is 0 Å². The van der Waals surface area contributed by atoms with Gasteiger partial charge in [0.1, 0.15) is 0 Å². The molecule has 0 radical (unpaired) electrons. The van der Waals surface area contributed by atoms with Crippen molar-refractivity contribution in [2.24, 2.45) is 0 Å². The first-order valence-corrected chi connectivity index (χ1v) is 13.2. The molecule has 9 heteroatoms. The molecule has 0 aliphatic carbocycles. The Morgan fingerprint density at radius 2 is 1.69 bits per heavy atom. The van der Waals surface area contributed by atoms with E-state index in [0.29, 0.717) is 35.2 Å². The highest BCUT2D eigenvalue weighted by molar-refractivity contribution is 6.62. The summed E-state index contributed by atoms with van der Waals surface area (Å²) in [5.74, 6) is -0.273. The third kappa shape index (κ3) is 4.98. The molecule has 2 aromatic heterocycles. The number of rotatable bonds is 6. The topological polar surface area (TPSA) is 85.7 Å². The molecule has 8 nitrogen and oxygen atoms in total. The molecule has 0 spiro atoms. The maximum atomic E-state index is 13.8. The predicted octanol–water partition coefficient (Wildman–Crippen LogP) is 3.44. The predicted molar refractivity (Wildman–Crippen MR) is 156 cm³/mol. The van der Waals surface area contributed by atoms with E-state index in [1.165, 1.54) is 4.57 Å². The minimum absolute atomic E-state index is 0.242. The molecule has 1 fully saturated rings. The number of hydrogen-bond donors (Lipinski definition) is 1. The lowest BCUT2D eigenvalue weighted by Crippen LogP contribution is -2.41. The fraction of sp³-hybridized carbons (Fsp3) is 0.367. The average molecular weight is 526 g/mol. The summed E-state index contributed by atoms with van der Waals surface area (Å²) in [6, 6.07) is 15.2. The van der Waals surface area contributed by atoms with E-state index < -0.39 is 18.3 Å². The highest BCUT2D eigenvalue weighted by atomic mass is 16.7. The summed E-state index contributed by atoms with van der Waals surface area (Å²) in [7, 11) is 3.39. The van der Waals surface area contributed by atoms with Crippen LogP contribution in [0.5, 0.6) is 0 Å². The Hall–Kier alpha value is -3.53. The van der Waals surface area contributed by atoms with E-state index >= 15 is 0 Å². The Balaban J connectivity index is 1.60. The molecule has 3 heterocycles. The minimum atomic E-state index is -0.505. The Kier molecular flexibility index (Phi) is 6.87. The first-order valence-electron chi connectivity index (χ1n) is 13.2. The number of likely N-dealkylation sites (N-methyl/N-ethyl adjacent to an activating group) is 1. The number of carbonyl (C=O) groups is 1. The van der Waals surface area contributed by atoms with Crippen LogP contribution in [0.3, 0.4) is 0 Å². The van der Waals surface area contributed by atoms with Crippen LogP contribution in [-0.2, 0) is 9.31 Å². The van der Waals surface area contributed by atoms with Crippen molar-refractivity contribution in [1.29, 1.82) is 0 Å². The smallest absolute Gasteiger partial charge is 0.399 e. The lowest BCUT2D eigenvalue weighted by atomic mass is 9.79. The maximum Gasteiger partial charge on any atom is 0.494 e. The van der Waals surface area contributed by atoms with Gasteiger partial charge in [0.15, 0.2) is 0 Å². The quantitative estimate of drug-likeness (QED) is 0.306. The van der Waals surface area contributed by atoms with Gasteiger partial charge in [-0.05, 0) is 77.9 Å². The molecule has 0 atom stereocenters. The zero-order valence-electron chi connectivity index (χ0n) is 23.7. The number of fused-ring (bicyclic) bond motifs is 2. The summed E-state index contributed by atoms with van der Waals surface area (Å²) >= 11 is 0. The van der Waals surface area contributed by atoms with Crippen molar-refractivity contribution >= 4 is 40.3 Å². The Morgan fingerprint density at radius 3 is 2.33 bits per heavy atom. The molecule has 5 rings (SSSR count). The molecule has 202 valence electrons. The highest BCUT2D eigenvalue weighted by Gasteiger charge is 2.51. The molecule has 1 N–H and O–H groups in total. The fourth-order valence-corrected chi connectivity index (χ4v) is 4.71. The van der Waals surface area contributed by atoms with Crippen LogP contribution in [0.15, 0.2) is 59.5 Å². The third-order valence-electron chi connectivity index (χ3n) is 7.80. The van der Waals surface area contributed by atoms with E-state index in [-0.39, 0.29) is 11.5 Å². The average Bonchev–Trinajstić information content (AvgIpc) is 3.10. The van der Waals surface area contributed by atoms with E-state index in [1.54, 1.807) is 6.20 Å². The summed E-state index contributed by atoms with van der Waals surface area (Å²) in [5.41, 5.74) is 2.85. The molecule has 0 saturated carbocycles.